The first-order chi connectivity index (χ1) is 15.0. The summed E-state index contributed by atoms with van der Waals surface area (Å²) in [4.78, 5) is 32.9. The van der Waals surface area contributed by atoms with E-state index in [1.807, 2.05) is 25.1 Å². The van der Waals surface area contributed by atoms with Crippen molar-refractivity contribution in [2.45, 2.75) is 74.7 Å². The Morgan fingerprint density at radius 1 is 1.13 bits per heavy atom. The average Bonchev–Trinajstić information content (AvgIpc) is 2.71. The van der Waals surface area contributed by atoms with Crippen molar-refractivity contribution >= 4 is 17.7 Å². The molecule has 0 spiro atoms. The second-order valence-corrected chi connectivity index (χ2v) is 10.9. The molecule has 164 valence electrons. The molecule has 4 aliphatic rings. The monoisotopic (exact) mass is 437 g/mol. The van der Waals surface area contributed by atoms with Crippen LogP contribution in [0.1, 0.15) is 61.8 Å². The maximum Gasteiger partial charge on any atom is 0.254 e. The molecule has 4 bridgehead atoms. The van der Waals surface area contributed by atoms with Gasteiger partial charge >= 0.3 is 0 Å². The van der Waals surface area contributed by atoms with Crippen LogP contribution in [-0.4, -0.2) is 21.4 Å². The average molecular weight is 438 g/mol. The molecule has 1 heterocycles. The second kappa shape index (κ2) is 8.45. The van der Waals surface area contributed by atoms with E-state index in [-0.39, 0.29) is 17.0 Å². The summed E-state index contributed by atoms with van der Waals surface area (Å²) < 4.78 is 0. The van der Waals surface area contributed by atoms with E-state index in [1.54, 1.807) is 0 Å². The highest BCUT2D eigenvalue weighted by atomic mass is 32.2. The first-order valence-corrected chi connectivity index (χ1v) is 12.5. The van der Waals surface area contributed by atoms with Gasteiger partial charge in [-0.2, -0.15) is 0 Å². The minimum Gasteiger partial charge on any atom is -0.351 e. The summed E-state index contributed by atoms with van der Waals surface area (Å²) in [6.45, 7) is 1.87. The molecule has 4 fully saturated rings. The Morgan fingerprint density at radius 2 is 1.77 bits per heavy atom. The number of aromatic nitrogens is 2. The number of H-pyrrole nitrogens is 1. The third-order valence-corrected chi connectivity index (χ3v) is 8.41. The van der Waals surface area contributed by atoms with Gasteiger partial charge in [-0.15, -0.1) is 0 Å². The fourth-order valence-corrected chi connectivity index (χ4v) is 7.40. The minimum atomic E-state index is -0.120. The molecule has 0 atom stereocenters. The molecule has 1 aromatic carbocycles. The summed E-state index contributed by atoms with van der Waals surface area (Å²) >= 11 is 1.53. The highest BCUT2D eigenvalue weighted by Crippen LogP contribution is 2.55. The molecule has 0 saturated heterocycles. The minimum absolute atomic E-state index is 0.0312. The number of hydrogen-bond acceptors (Lipinski definition) is 4. The lowest BCUT2D eigenvalue weighted by Gasteiger charge is -2.56. The zero-order chi connectivity index (χ0) is 21.4. The SMILES string of the molecule is Cc1nc(SCc2ccccc2)[nH]c(=O)c1CCC(=O)NC12CC3CC(CC(C3)C1)C2. The van der Waals surface area contributed by atoms with Crippen LogP contribution in [-0.2, 0) is 17.0 Å². The number of thioether (sulfide) groups is 1. The van der Waals surface area contributed by atoms with Crippen LogP contribution < -0.4 is 10.9 Å². The van der Waals surface area contributed by atoms with Crippen LogP contribution in [0.3, 0.4) is 0 Å². The summed E-state index contributed by atoms with van der Waals surface area (Å²) in [6, 6.07) is 10.1. The molecule has 5 nitrogen and oxygen atoms in total. The van der Waals surface area contributed by atoms with Gasteiger partial charge in [0.2, 0.25) is 5.91 Å². The van der Waals surface area contributed by atoms with Crippen LogP contribution in [0.25, 0.3) is 0 Å². The Bertz CT molecular complexity index is 982. The van der Waals surface area contributed by atoms with Crippen molar-refractivity contribution in [1.82, 2.24) is 15.3 Å². The van der Waals surface area contributed by atoms with E-state index in [9.17, 15) is 9.59 Å². The molecule has 2 N–H and O–H groups in total. The quantitative estimate of drug-likeness (QED) is 0.498. The van der Waals surface area contributed by atoms with Crippen molar-refractivity contribution in [2.24, 2.45) is 17.8 Å². The predicted molar refractivity (Wildman–Crippen MR) is 123 cm³/mol. The predicted octanol–water partition coefficient (Wildman–Crippen LogP) is 4.39. The number of nitrogens with zero attached hydrogens (tertiary/aromatic N) is 1. The molecule has 1 aromatic heterocycles. The van der Waals surface area contributed by atoms with Crippen LogP contribution in [0.2, 0.25) is 0 Å². The molecule has 6 heteroatoms. The number of amides is 1. The van der Waals surface area contributed by atoms with Crippen LogP contribution in [0.15, 0.2) is 40.3 Å². The Labute approximate surface area is 187 Å². The van der Waals surface area contributed by atoms with Gasteiger partial charge < -0.3 is 10.3 Å². The van der Waals surface area contributed by atoms with Crippen molar-refractivity contribution in [3.63, 3.8) is 0 Å². The van der Waals surface area contributed by atoms with E-state index >= 15 is 0 Å². The van der Waals surface area contributed by atoms with E-state index < -0.39 is 0 Å². The highest BCUT2D eigenvalue weighted by molar-refractivity contribution is 7.98. The molecule has 4 saturated carbocycles. The Balaban J connectivity index is 1.18. The molecular weight excluding hydrogens is 406 g/mol. The number of benzene rings is 1. The largest absolute Gasteiger partial charge is 0.351 e. The molecule has 0 aliphatic heterocycles. The normalized spacial score (nSPS) is 28.6. The van der Waals surface area contributed by atoms with E-state index in [1.165, 1.54) is 36.6 Å². The lowest BCUT2D eigenvalue weighted by atomic mass is 9.53. The molecule has 0 unspecified atom stereocenters. The molecule has 1 amide bonds. The summed E-state index contributed by atoms with van der Waals surface area (Å²) in [5.41, 5.74) is 2.46. The van der Waals surface area contributed by atoms with Crippen LogP contribution in [0.4, 0.5) is 0 Å². The third-order valence-electron chi connectivity index (χ3n) is 7.46. The zero-order valence-electron chi connectivity index (χ0n) is 18.2. The zero-order valence-corrected chi connectivity index (χ0v) is 19.0. The maximum absolute atomic E-state index is 12.8. The summed E-state index contributed by atoms with van der Waals surface area (Å²) in [7, 11) is 0. The number of carbonyl (C=O) groups excluding carboxylic acids is 1. The standard InChI is InChI=1S/C25H31N3O2S/c1-16-21(23(30)27-24(26-16)31-15-17-5-3-2-4-6-17)7-8-22(29)28-25-12-18-9-19(13-25)11-20(10-18)14-25/h2-6,18-20H,7-15H2,1H3,(H,28,29)(H,26,27,30). The number of aromatic amines is 1. The van der Waals surface area contributed by atoms with Gasteiger partial charge in [0.15, 0.2) is 5.16 Å². The number of nitrogens with one attached hydrogen (secondary N) is 2. The number of aryl methyl sites for hydroxylation is 1. The van der Waals surface area contributed by atoms with Gasteiger partial charge in [0, 0.05) is 29.0 Å². The Morgan fingerprint density at radius 3 is 2.39 bits per heavy atom. The van der Waals surface area contributed by atoms with E-state index in [0.29, 0.717) is 23.6 Å². The first kappa shape index (κ1) is 20.8. The van der Waals surface area contributed by atoms with Crippen LogP contribution >= 0.6 is 11.8 Å². The topological polar surface area (TPSA) is 74.8 Å². The fourth-order valence-electron chi connectivity index (χ4n) is 6.53. The van der Waals surface area contributed by atoms with E-state index in [4.69, 9.17) is 0 Å². The molecule has 0 radical (unpaired) electrons. The van der Waals surface area contributed by atoms with Crippen molar-refractivity contribution in [1.29, 1.82) is 0 Å². The second-order valence-electron chi connectivity index (χ2n) is 9.96. The summed E-state index contributed by atoms with van der Waals surface area (Å²) in [6.07, 6.45) is 8.34. The highest BCUT2D eigenvalue weighted by Gasteiger charge is 2.51. The lowest BCUT2D eigenvalue weighted by Crippen LogP contribution is -2.59. The van der Waals surface area contributed by atoms with Gasteiger partial charge in [-0.05, 0) is 75.2 Å². The number of carbonyl (C=O) groups is 1. The van der Waals surface area contributed by atoms with Crippen LogP contribution in [0.5, 0.6) is 0 Å². The molecule has 31 heavy (non-hydrogen) atoms. The van der Waals surface area contributed by atoms with Crippen molar-refractivity contribution in [3.05, 3.63) is 57.5 Å². The summed E-state index contributed by atoms with van der Waals surface area (Å²) in [5, 5.41) is 4.04. The first-order valence-electron chi connectivity index (χ1n) is 11.6. The van der Waals surface area contributed by atoms with Crippen molar-refractivity contribution in [2.75, 3.05) is 0 Å². The lowest BCUT2D eigenvalue weighted by molar-refractivity contribution is -0.126. The molecule has 4 aliphatic carbocycles. The third kappa shape index (κ3) is 4.59. The van der Waals surface area contributed by atoms with Gasteiger partial charge in [-0.1, -0.05) is 42.1 Å². The van der Waals surface area contributed by atoms with Gasteiger partial charge in [-0.25, -0.2) is 4.98 Å². The van der Waals surface area contributed by atoms with Gasteiger partial charge in [0.05, 0.1) is 0 Å². The molecular formula is C25H31N3O2S. The Hall–Kier alpha value is -2.08. The summed E-state index contributed by atoms with van der Waals surface area (Å²) in [5.74, 6) is 3.27. The smallest absolute Gasteiger partial charge is 0.254 e. The van der Waals surface area contributed by atoms with E-state index in [0.717, 1.165) is 48.5 Å². The number of rotatable bonds is 7. The van der Waals surface area contributed by atoms with Gasteiger partial charge in [-0.3, -0.25) is 9.59 Å². The molecule has 2 aromatic rings. The van der Waals surface area contributed by atoms with Crippen molar-refractivity contribution in [3.8, 4) is 0 Å². The molecule has 6 rings (SSSR count). The number of hydrogen-bond donors (Lipinski definition) is 2. The van der Waals surface area contributed by atoms with Gasteiger partial charge in [0.1, 0.15) is 0 Å². The maximum atomic E-state index is 12.8. The fraction of sp³-hybridized carbons (Fsp3) is 0.560. The Kier molecular flexibility index (Phi) is 5.67. The van der Waals surface area contributed by atoms with Crippen molar-refractivity contribution < 1.29 is 4.79 Å². The van der Waals surface area contributed by atoms with Gasteiger partial charge in [0.25, 0.3) is 5.56 Å². The van der Waals surface area contributed by atoms with E-state index in [2.05, 4.69) is 27.4 Å². The van der Waals surface area contributed by atoms with Crippen LogP contribution in [0, 0.1) is 24.7 Å².